The molecule has 4 heteroatoms. The van der Waals surface area contributed by atoms with Gasteiger partial charge in [-0.25, -0.2) is 0 Å². The number of rotatable bonds is 2. The molecule has 21 heavy (non-hydrogen) atoms. The smallest absolute Gasteiger partial charge is 0.262 e. The van der Waals surface area contributed by atoms with Crippen molar-refractivity contribution in [1.82, 2.24) is 4.90 Å². The topological polar surface area (TPSA) is 54.5 Å². The molecule has 108 valence electrons. The van der Waals surface area contributed by atoms with Crippen LogP contribution in [0.4, 0.5) is 0 Å². The minimum atomic E-state index is -1.03. The lowest BCUT2D eigenvalue weighted by atomic mass is 9.78. The third-order valence-electron chi connectivity index (χ3n) is 4.69. The highest BCUT2D eigenvalue weighted by atomic mass is 16.2. The second-order valence-electron chi connectivity index (χ2n) is 5.95. The van der Waals surface area contributed by atoms with Crippen molar-refractivity contribution in [2.24, 2.45) is 0 Å². The minimum Gasteiger partial charge on any atom is -0.301 e. The van der Waals surface area contributed by atoms with E-state index in [0.717, 1.165) is 18.3 Å². The van der Waals surface area contributed by atoms with Crippen LogP contribution in [0.5, 0.6) is 0 Å². The molecule has 3 rings (SSSR count). The predicted octanol–water partition coefficient (Wildman–Crippen LogP) is 2.74. The van der Waals surface area contributed by atoms with Crippen LogP contribution in [0, 0.1) is 0 Å². The standard InChI is InChI=1S/C17H17NO3/c1-11-7-8-17(10-19,9-12(11)2)18-15(20)13-5-3-4-6-14(13)16(18)21/h3-6,10H,7-9H2,1-2H3/t17-/m0/s1. The number of nitrogens with zero attached hydrogens (tertiary/aromatic N) is 1. The first-order valence-corrected chi connectivity index (χ1v) is 7.10. The van der Waals surface area contributed by atoms with Gasteiger partial charge in [0.2, 0.25) is 0 Å². The van der Waals surface area contributed by atoms with Gasteiger partial charge in [-0.15, -0.1) is 0 Å². The summed E-state index contributed by atoms with van der Waals surface area (Å²) in [4.78, 5) is 38.2. The van der Waals surface area contributed by atoms with Gasteiger partial charge in [-0.3, -0.25) is 14.5 Å². The molecular formula is C17H17NO3. The van der Waals surface area contributed by atoms with Crippen molar-refractivity contribution < 1.29 is 14.4 Å². The average Bonchev–Trinajstić information content (AvgIpc) is 2.75. The summed E-state index contributed by atoms with van der Waals surface area (Å²) in [5.74, 6) is -0.704. The second-order valence-corrected chi connectivity index (χ2v) is 5.95. The van der Waals surface area contributed by atoms with E-state index in [0.29, 0.717) is 24.0 Å². The Bertz CT molecular complexity index is 654. The number of fused-ring (bicyclic) bond motifs is 1. The third-order valence-corrected chi connectivity index (χ3v) is 4.69. The van der Waals surface area contributed by atoms with E-state index in [9.17, 15) is 14.4 Å². The SMILES string of the molecule is CC1=C(C)C[C@@](C=O)(N2C(=O)c3ccccc3C2=O)CC1. The Kier molecular flexibility index (Phi) is 3.04. The first-order chi connectivity index (χ1) is 10.00. The number of hydrogen-bond acceptors (Lipinski definition) is 3. The Labute approximate surface area is 123 Å². The minimum absolute atomic E-state index is 0.352. The highest BCUT2D eigenvalue weighted by molar-refractivity contribution is 6.22. The van der Waals surface area contributed by atoms with Gasteiger partial charge in [0, 0.05) is 0 Å². The number of imide groups is 1. The van der Waals surface area contributed by atoms with Crippen LogP contribution < -0.4 is 0 Å². The van der Waals surface area contributed by atoms with E-state index in [1.165, 1.54) is 10.5 Å². The molecule has 1 aromatic carbocycles. The van der Waals surface area contributed by atoms with E-state index in [1.54, 1.807) is 24.3 Å². The normalized spacial score (nSPS) is 25.3. The van der Waals surface area contributed by atoms with Crippen LogP contribution in [0.15, 0.2) is 35.4 Å². The third kappa shape index (κ3) is 1.86. The summed E-state index contributed by atoms with van der Waals surface area (Å²) in [6.45, 7) is 4.00. The molecular weight excluding hydrogens is 266 g/mol. The Morgan fingerprint density at radius 1 is 1.05 bits per heavy atom. The van der Waals surface area contributed by atoms with Crippen molar-refractivity contribution in [2.75, 3.05) is 0 Å². The molecule has 4 nitrogen and oxygen atoms in total. The lowest BCUT2D eigenvalue weighted by molar-refractivity contribution is -0.116. The maximum absolute atomic E-state index is 12.6. The summed E-state index contributed by atoms with van der Waals surface area (Å²) in [6.07, 6.45) is 2.46. The van der Waals surface area contributed by atoms with Gasteiger partial charge in [0.15, 0.2) is 0 Å². The number of allylic oxidation sites excluding steroid dienone is 1. The summed E-state index contributed by atoms with van der Waals surface area (Å²) in [6, 6.07) is 6.75. The fourth-order valence-corrected chi connectivity index (χ4v) is 3.25. The molecule has 0 fully saturated rings. The monoisotopic (exact) mass is 283 g/mol. The largest absolute Gasteiger partial charge is 0.301 e. The van der Waals surface area contributed by atoms with Gasteiger partial charge in [-0.1, -0.05) is 23.3 Å². The van der Waals surface area contributed by atoms with Crippen molar-refractivity contribution in [3.63, 3.8) is 0 Å². The van der Waals surface area contributed by atoms with Crippen LogP contribution >= 0.6 is 0 Å². The van der Waals surface area contributed by atoms with Gasteiger partial charge in [0.05, 0.1) is 11.1 Å². The number of amides is 2. The fraction of sp³-hybridized carbons (Fsp3) is 0.353. The number of carbonyl (C=O) groups is 3. The molecule has 0 aromatic heterocycles. The lowest BCUT2D eigenvalue weighted by Crippen LogP contribution is -2.54. The summed E-state index contributed by atoms with van der Waals surface area (Å²) < 4.78 is 0. The maximum atomic E-state index is 12.6. The van der Waals surface area contributed by atoms with Gasteiger partial charge in [-0.2, -0.15) is 0 Å². The second kappa shape index (κ2) is 4.65. The summed E-state index contributed by atoms with van der Waals surface area (Å²) in [5, 5.41) is 0. The molecule has 0 saturated heterocycles. The van der Waals surface area contributed by atoms with Crippen LogP contribution in [0.1, 0.15) is 53.8 Å². The van der Waals surface area contributed by atoms with E-state index in [2.05, 4.69) is 0 Å². The Hall–Kier alpha value is -2.23. The molecule has 0 spiro atoms. The molecule has 0 unspecified atom stereocenters. The molecule has 0 radical (unpaired) electrons. The molecule has 0 N–H and O–H groups in total. The molecule has 1 atom stereocenters. The molecule has 1 aliphatic carbocycles. The van der Waals surface area contributed by atoms with Gasteiger partial charge < -0.3 is 4.79 Å². The lowest BCUT2D eigenvalue weighted by Gasteiger charge is -2.39. The van der Waals surface area contributed by atoms with Gasteiger partial charge in [-0.05, 0) is 45.2 Å². The quantitative estimate of drug-likeness (QED) is 0.476. The van der Waals surface area contributed by atoms with Crippen molar-refractivity contribution in [3.05, 3.63) is 46.5 Å². The van der Waals surface area contributed by atoms with Crippen molar-refractivity contribution >= 4 is 18.1 Å². The number of hydrogen-bond donors (Lipinski definition) is 0. The molecule has 1 aromatic rings. The van der Waals surface area contributed by atoms with E-state index in [4.69, 9.17) is 0 Å². The number of benzene rings is 1. The molecule has 2 amide bonds. The Morgan fingerprint density at radius 3 is 2.10 bits per heavy atom. The first-order valence-electron chi connectivity index (χ1n) is 7.10. The molecule has 1 heterocycles. The molecule has 0 saturated carbocycles. The highest BCUT2D eigenvalue weighted by Gasteiger charge is 2.49. The zero-order valence-electron chi connectivity index (χ0n) is 12.2. The zero-order valence-corrected chi connectivity index (χ0v) is 12.2. The fourth-order valence-electron chi connectivity index (χ4n) is 3.25. The summed E-state index contributed by atoms with van der Waals surface area (Å²) >= 11 is 0. The number of carbonyl (C=O) groups excluding carboxylic acids is 3. The van der Waals surface area contributed by atoms with Crippen molar-refractivity contribution in [3.8, 4) is 0 Å². The van der Waals surface area contributed by atoms with Crippen LogP contribution in [0.3, 0.4) is 0 Å². The average molecular weight is 283 g/mol. The number of aldehydes is 1. The van der Waals surface area contributed by atoms with E-state index in [1.807, 2.05) is 13.8 Å². The molecule has 0 bridgehead atoms. The first kappa shape index (κ1) is 13.7. The van der Waals surface area contributed by atoms with Crippen LogP contribution in [-0.2, 0) is 4.79 Å². The highest BCUT2D eigenvalue weighted by Crippen LogP contribution is 2.39. The van der Waals surface area contributed by atoms with Gasteiger partial charge >= 0.3 is 0 Å². The van der Waals surface area contributed by atoms with Gasteiger partial charge in [0.1, 0.15) is 11.8 Å². The zero-order chi connectivity index (χ0) is 15.2. The maximum Gasteiger partial charge on any atom is 0.262 e. The van der Waals surface area contributed by atoms with Crippen LogP contribution in [0.2, 0.25) is 0 Å². The summed E-state index contributed by atoms with van der Waals surface area (Å²) in [5.41, 5.74) is 2.09. The predicted molar refractivity (Wildman–Crippen MR) is 78.0 cm³/mol. The Morgan fingerprint density at radius 2 is 1.62 bits per heavy atom. The van der Waals surface area contributed by atoms with Crippen molar-refractivity contribution in [1.29, 1.82) is 0 Å². The van der Waals surface area contributed by atoms with Crippen LogP contribution in [-0.4, -0.2) is 28.5 Å². The van der Waals surface area contributed by atoms with Crippen LogP contribution in [0.25, 0.3) is 0 Å². The van der Waals surface area contributed by atoms with Crippen molar-refractivity contribution in [2.45, 2.75) is 38.6 Å². The Balaban J connectivity index is 2.07. The molecule has 2 aliphatic rings. The summed E-state index contributed by atoms with van der Waals surface area (Å²) in [7, 11) is 0. The van der Waals surface area contributed by atoms with E-state index < -0.39 is 5.54 Å². The van der Waals surface area contributed by atoms with E-state index in [-0.39, 0.29) is 11.8 Å². The van der Waals surface area contributed by atoms with E-state index >= 15 is 0 Å². The molecule has 1 aliphatic heterocycles. The van der Waals surface area contributed by atoms with Gasteiger partial charge in [0.25, 0.3) is 11.8 Å².